The Morgan fingerprint density at radius 3 is 2.27 bits per heavy atom. The third-order valence-corrected chi connectivity index (χ3v) is 5.52. The van der Waals surface area contributed by atoms with Crippen LogP contribution in [-0.2, 0) is 5.41 Å². The first-order valence-electron chi connectivity index (χ1n) is 9.70. The van der Waals surface area contributed by atoms with Gasteiger partial charge in [0.1, 0.15) is 5.75 Å². The first-order chi connectivity index (χ1) is 14.3. The maximum Gasteiger partial charge on any atom is 0.269 e. The Morgan fingerprint density at radius 2 is 1.63 bits per heavy atom. The standard InChI is InChI=1S/C24H22N2O4/c1-16-8-14-19(15-9-16)30-23-24(2,3)20-6-4-5-7-21(20)25(23)22(27)17-10-12-18(13-11-17)26(28)29/h4-15,23H,1-3H3. The minimum atomic E-state index is -0.569. The number of carbonyl (C=O) groups is 1. The fraction of sp³-hybridized carbons (Fsp3) is 0.208. The lowest BCUT2D eigenvalue weighted by Gasteiger charge is -2.33. The lowest BCUT2D eigenvalue weighted by molar-refractivity contribution is -0.384. The van der Waals surface area contributed by atoms with Gasteiger partial charge in [-0.25, -0.2) is 0 Å². The lowest BCUT2D eigenvalue weighted by Crippen LogP contribution is -2.48. The summed E-state index contributed by atoms with van der Waals surface area (Å²) in [6.07, 6.45) is -0.569. The summed E-state index contributed by atoms with van der Waals surface area (Å²) in [6.45, 7) is 6.10. The van der Waals surface area contributed by atoms with Gasteiger partial charge in [0.25, 0.3) is 11.6 Å². The van der Waals surface area contributed by atoms with Crippen molar-refractivity contribution in [3.63, 3.8) is 0 Å². The van der Waals surface area contributed by atoms with Crippen LogP contribution >= 0.6 is 0 Å². The second-order valence-electron chi connectivity index (χ2n) is 8.00. The summed E-state index contributed by atoms with van der Waals surface area (Å²) in [5, 5.41) is 11.0. The number of carbonyl (C=O) groups excluding carboxylic acids is 1. The molecule has 1 unspecified atom stereocenters. The molecule has 30 heavy (non-hydrogen) atoms. The van der Waals surface area contributed by atoms with E-state index >= 15 is 0 Å². The molecule has 152 valence electrons. The number of hydrogen-bond acceptors (Lipinski definition) is 4. The largest absolute Gasteiger partial charge is 0.469 e. The number of ether oxygens (including phenoxy) is 1. The van der Waals surface area contributed by atoms with Gasteiger partial charge in [-0.2, -0.15) is 0 Å². The number of rotatable bonds is 4. The van der Waals surface area contributed by atoms with Gasteiger partial charge >= 0.3 is 0 Å². The quantitative estimate of drug-likeness (QED) is 0.441. The number of aryl methyl sites for hydroxylation is 1. The average molecular weight is 402 g/mol. The highest BCUT2D eigenvalue weighted by molar-refractivity contribution is 6.08. The van der Waals surface area contributed by atoms with Crippen molar-refractivity contribution in [1.29, 1.82) is 0 Å². The van der Waals surface area contributed by atoms with E-state index in [1.165, 1.54) is 24.3 Å². The molecule has 0 fully saturated rings. The first-order valence-corrected chi connectivity index (χ1v) is 9.70. The molecule has 1 amide bonds. The predicted octanol–water partition coefficient (Wildman–Crippen LogP) is 5.25. The molecule has 6 nitrogen and oxygen atoms in total. The molecule has 0 N–H and O–H groups in total. The smallest absolute Gasteiger partial charge is 0.269 e. The summed E-state index contributed by atoms with van der Waals surface area (Å²) in [6, 6.07) is 21.1. The van der Waals surface area contributed by atoms with Crippen molar-refractivity contribution in [3.8, 4) is 5.75 Å². The summed E-state index contributed by atoms with van der Waals surface area (Å²) < 4.78 is 6.34. The highest BCUT2D eigenvalue weighted by Crippen LogP contribution is 2.46. The molecule has 3 aromatic rings. The van der Waals surface area contributed by atoms with Gasteiger partial charge in [-0.3, -0.25) is 19.8 Å². The van der Waals surface area contributed by atoms with E-state index < -0.39 is 16.6 Å². The van der Waals surface area contributed by atoms with Crippen molar-refractivity contribution in [3.05, 3.63) is 99.6 Å². The highest BCUT2D eigenvalue weighted by atomic mass is 16.6. The molecule has 1 atom stereocenters. The second-order valence-corrected chi connectivity index (χ2v) is 8.00. The van der Waals surface area contributed by atoms with E-state index in [4.69, 9.17) is 4.74 Å². The van der Waals surface area contributed by atoms with E-state index in [1.807, 2.05) is 69.3 Å². The second kappa shape index (κ2) is 7.30. The van der Waals surface area contributed by atoms with Crippen molar-refractivity contribution < 1.29 is 14.5 Å². The van der Waals surface area contributed by atoms with Crippen molar-refractivity contribution in [2.24, 2.45) is 0 Å². The third-order valence-electron chi connectivity index (χ3n) is 5.52. The summed E-state index contributed by atoms with van der Waals surface area (Å²) >= 11 is 0. The molecule has 1 heterocycles. The summed E-state index contributed by atoms with van der Waals surface area (Å²) in [5.74, 6) is 0.410. The SMILES string of the molecule is Cc1ccc(OC2N(C(=O)c3ccc([N+](=O)[O-])cc3)c3ccccc3C2(C)C)cc1. The van der Waals surface area contributed by atoms with E-state index in [1.54, 1.807) is 4.90 Å². The Kier molecular flexibility index (Phi) is 4.78. The fourth-order valence-electron chi connectivity index (χ4n) is 3.84. The van der Waals surface area contributed by atoms with Crippen molar-refractivity contribution in [2.75, 3.05) is 4.90 Å². The maximum absolute atomic E-state index is 13.5. The van der Waals surface area contributed by atoms with Crippen LogP contribution in [0.2, 0.25) is 0 Å². The normalized spacial score (nSPS) is 16.8. The van der Waals surface area contributed by atoms with Gasteiger partial charge in [0, 0.05) is 23.1 Å². The Bertz CT molecular complexity index is 1100. The summed E-state index contributed by atoms with van der Waals surface area (Å²) in [5.41, 5.74) is 2.76. The number of anilines is 1. The Balaban J connectivity index is 1.76. The minimum absolute atomic E-state index is 0.0545. The number of nitrogens with zero attached hydrogens (tertiary/aromatic N) is 2. The van der Waals surface area contributed by atoms with Crippen LogP contribution in [0.4, 0.5) is 11.4 Å². The Hall–Kier alpha value is -3.67. The highest BCUT2D eigenvalue weighted by Gasteiger charge is 2.49. The van der Waals surface area contributed by atoms with Crippen LogP contribution < -0.4 is 9.64 Å². The van der Waals surface area contributed by atoms with Crippen molar-refractivity contribution >= 4 is 17.3 Å². The summed E-state index contributed by atoms with van der Waals surface area (Å²) in [4.78, 5) is 25.6. The van der Waals surface area contributed by atoms with Gasteiger partial charge in [-0.1, -0.05) is 49.7 Å². The van der Waals surface area contributed by atoms with Gasteiger partial charge in [0.15, 0.2) is 6.23 Å². The van der Waals surface area contributed by atoms with Gasteiger partial charge in [0.2, 0.25) is 0 Å². The number of amides is 1. The van der Waals surface area contributed by atoms with Crippen LogP contribution in [0.3, 0.4) is 0 Å². The van der Waals surface area contributed by atoms with E-state index in [-0.39, 0.29) is 11.6 Å². The average Bonchev–Trinajstić information content (AvgIpc) is 2.96. The van der Waals surface area contributed by atoms with Gasteiger partial charge in [0.05, 0.1) is 10.6 Å². The number of hydrogen-bond donors (Lipinski definition) is 0. The molecule has 0 bridgehead atoms. The monoisotopic (exact) mass is 402 g/mol. The number of nitro benzene ring substituents is 1. The van der Waals surface area contributed by atoms with E-state index in [0.29, 0.717) is 11.3 Å². The predicted molar refractivity (Wildman–Crippen MR) is 115 cm³/mol. The third kappa shape index (κ3) is 3.30. The zero-order valence-electron chi connectivity index (χ0n) is 17.0. The Morgan fingerprint density at radius 1 is 1.00 bits per heavy atom. The van der Waals surface area contributed by atoms with Crippen LogP contribution in [0.15, 0.2) is 72.8 Å². The van der Waals surface area contributed by atoms with Gasteiger partial charge in [-0.15, -0.1) is 0 Å². The molecule has 0 spiro atoms. The van der Waals surface area contributed by atoms with Crippen LogP contribution in [0.5, 0.6) is 5.75 Å². The van der Waals surface area contributed by atoms with Gasteiger partial charge in [-0.05, 0) is 42.8 Å². The number of fused-ring (bicyclic) bond motifs is 1. The molecular weight excluding hydrogens is 380 g/mol. The van der Waals surface area contributed by atoms with Crippen LogP contribution in [-0.4, -0.2) is 17.1 Å². The zero-order valence-corrected chi connectivity index (χ0v) is 17.0. The topological polar surface area (TPSA) is 72.7 Å². The molecule has 6 heteroatoms. The maximum atomic E-state index is 13.5. The molecule has 0 saturated carbocycles. The Labute approximate surface area is 174 Å². The zero-order chi connectivity index (χ0) is 21.5. The minimum Gasteiger partial charge on any atom is -0.469 e. The number of nitro groups is 1. The van der Waals surface area contributed by atoms with Gasteiger partial charge < -0.3 is 4.74 Å². The molecule has 4 rings (SSSR count). The molecular formula is C24H22N2O4. The van der Waals surface area contributed by atoms with Crippen molar-refractivity contribution in [1.82, 2.24) is 0 Å². The van der Waals surface area contributed by atoms with E-state index in [2.05, 4.69) is 0 Å². The molecule has 1 aliphatic rings. The number of para-hydroxylation sites is 1. The van der Waals surface area contributed by atoms with E-state index in [9.17, 15) is 14.9 Å². The van der Waals surface area contributed by atoms with Crippen molar-refractivity contribution in [2.45, 2.75) is 32.4 Å². The molecule has 3 aromatic carbocycles. The van der Waals surface area contributed by atoms with E-state index in [0.717, 1.165) is 16.8 Å². The molecule has 0 aromatic heterocycles. The van der Waals surface area contributed by atoms with Crippen LogP contribution in [0.1, 0.15) is 35.3 Å². The fourth-order valence-corrected chi connectivity index (χ4v) is 3.84. The molecule has 1 aliphatic heterocycles. The lowest BCUT2D eigenvalue weighted by atomic mass is 9.85. The van der Waals surface area contributed by atoms with Crippen LogP contribution in [0.25, 0.3) is 0 Å². The molecule has 0 radical (unpaired) electrons. The number of benzene rings is 3. The number of non-ortho nitro benzene ring substituents is 1. The molecule has 0 aliphatic carbocycles. The van der Waals surface area contributed by atoms with Crippen LogP contribution in [0, 0.1) is 17.0 Å². The first kappa shape index (κ1) is 19.6. The summed E-state index contributed by atoms with van der Waals surface area (Å²) in [7, 11) is 0. The molecule has 0 saturated heterocycles.